The monoisotopic (exact) mass is 678 g/mol. The third kappa shape index (κ3) is 13.7. The summed E-state index contributed by atoms with van der Waals surface area (Å²) in [5, 5.41) is 25.1. The second-order valence-electron chi connectivity index (χ2n) is 11.7. The number of amides is 3. The van der Waals surface area contributed by atoms with Crippen molar-refractivity contribution in [3.63, 3.8) is 0 Å². The van der Waals surface area contributed by atoms with Gasteiger partial charge in [-0.15, -0.1) is 0 Å². The molecule has 0 unspecified atom stereocenters. The van der Waals surface area contributed by atoms with Gasteiger partial charge >= 0.3 is 6.03 Å². The number of hydrogen-bond donors (Lipinski definition) is 5. The van der Waals surface area contributed by atoms with E-state index in [9.17, 15) is 9.59 Å². The molecular formula is C37H50N4O8. The van der Waals surface area contributed by atoms with Crippen LogP contribution in [0.3, 0.4) is 0 Å². The van der Waals surface area contributed by atoms with Gasteiger partial charge in [0.1, 0.15) is 17.6 Å². The Morgan fingerprint density at radius 3 is 2.06 bits per heavy atom. The Morgan fingerprint density at radius 2 is 1.47 bits per heavy atom. The zero-order chi connectivity index (χ0) is 35.6. The van der Waals surface area contributed by atoms with Crippen LogP contribution in [0.15, 0.2) is 66.7 Å². The number of hydrogen-bond acceptors (Lipinski definition) is 8. The largest absolute Gasteiger partial charge is 0.493 e. The summed E-state index contributed by atoms with van der Waals surface area (Å²) in [7, 11) is 1.54. The van der Waals surface area contributed by atoms with Crippen molar-refractivity contribution in [3.8, 4) is 23.0 Å². The second kappa shape index (κ2) is 20.5. The zero-order valence-electron chi connectivity index (χ0n) is 28.9. The predicted octanol–water partition coefficient (Wildman–Crippen LogP) is 6.76. The Morgan fingerprint density at radius 1 is 0.857 bits per heavy atom. The molecule has 0 bridgehead atoms. The number of nitrogens with one attached hydrogen (secondary N) is 3. The molecule has 3 amide bonds. The van der Waals surface area contributed by atoms with Crippen LogP contribution in [0, 0.1) is 0 Å². The minimum absolute atomic E-state index is 0.121. The highest BCUT2D eigenvalue weighted by Gasteiger charge is 2.20. The number of carbonyl (C=O) groups is 3. The van der Waals surface area contributed by atoms with Crippen LogP contribution < -0.4 is 30.2 Å². The number of unbranched alkanes of at least 4 members (excludes halogenated alkanes) is 1. The molecule has 0 atom stereocenters. The first-order valence-corrected chi connectivity index (χ1v) is 16.8. The number of aliphatic hydroxyl groups is 1. The number of anilines is 2. The molecule has 5 N–H and O–H groups in total. The summed E-state index contributed by atoms with van der Waals surface area (Å²) in [6.07, 6.45) is 5.69. The summed E-state index contributed by atoms with van der Waals surface area (Å²) in [5.74, 6) is 1.24. The van der Waals surface area contributed by atoms with Crippen molar-refractivity contribution in [3.05, 3.63) is 72.3 Å². The van der Waals surface area contributed by atoms with E-state index in [1.54, 1.807) is 61.7 Å². The molecule has 4 rings (SSSR count). The van der Waals surface area contributed by atoms with Crippen LogP contribution in [0.25, 0.3) is 0 Å². The molecule has 0 radical (unpaired) electrons. The number of carboxylic acid groups (broad SMARTS) is 1. The molecule has 3 aromatic rings. The SMILES string of the molecule is CC(=O)O.CCC(CC)NC(=O)Nc1ccc(Oc2ccc(NC(=O)c3ccc(OC4CCN(CCCCO)CC4)cc3)cc2)c(OC)c1. The van der Waals surface area contributed by atoms with Crippen LogP contribution in [0.1, 0.15) is 69.7 Å². The Labute approximate surface area is 288 Å². The lowest BCUT2D eigenvalue weighted by molar-refractivity contribution is -0.134. The average molecular weight is 679 g/mol. The lowest BCUT2D eigenvalue weighted by atomic mass is 10.1. The second-order valence-corrected chi connectivity index (χ2v) is 11.7. The Kier molecular flexibility index (Phi) is 16.2. The first kappa shape index (κ1) is 38.6. The topological polar surface area (TPSA) is 159 Å². The first-order chi connectivity index (χ1) is 23.6. The zero-order valence-corrected chi connectivity index (χ0v) is 28.9. The van der Waals surface area contributed by atoms with Gasteiger partial charge in [0.2, 0.25) is 0 Å². The van der Waals surface area contributed by atoms with Gasteiger partial charge in [-0.05, 0) is 106 Å². The van der Waals surface area contributed by atoms with Gasteiger partial charge in [-0.2, -0.15) is 0 Å². The summed E-state index contributed by atoms with van der Waals surface area (Å²) < 4.78 is 17.7. The number of benzene rings is 3. The number of urea groups is 1. The van der Waals surface area contributed by atoms with Crippen LogP contribution >= 0.6 is 0 Å². The number of methoxy groups -OCH3 is 1. The summed E-state index contributed by atoms with van der Waals surface area (Å²) in [5.41, 5.74) is 1.76. The lowest BCUT2D eigenvalue weighted by Gasteiger charge is -2.32. The molecule has 12 nitrogen and oxygen atoms in total. The number of ether oxygens (including phenoxy) is 3. The van der Waals surface area contributed by atoms with Crippen LogP contribution in [0.5, 0.6) is 23.0 Å². The molecule has 1 aliphatic heterocycles. The third-order valence-electron chi connectivity index (χ3n) is 7.92. The van der Waals surface area contributed by atoms with Crippen LogP contribution in [-0.2, 0) is 4.79 Å². The molecule has 0 spiro atoms. The number of rotatable bonds is 15. The maximum absolute atomic E-state index is 12.9. The number of piperidine rings is 1. The Bertz CT molecular complexity index is 1450. The molecule has 0 saturated carbocycles. The summed E-state index contributed by atoms with van der Waals surface area (Å²) in [4.78, 5) is 36.6. The van der Waals surface area contributed by atoms with E-state index < -0.39 is 5.97 Å². The number of aliphatic hydroxyl groups excluding tert-OH is 1. The lowest BCUT2D eigenvalue weighted by Crippen LogP contribution is -2.38. The van der Waals surface area contributed by atoms with Gasteiger partial charge in [0, 0.05) is 55.7 Å². The minimum atomic E-state index is -0.833. The van der Waals surface area contributed by atoms with E-state index in [0.717, 1.165) is 70.8 Å². The molecule has 0 aliphatic carbocycles. The number of carboxylic acids is 1. The molecule has 1 fully saturated rings. The van der Waals surface area contributed by atoms with Crippen LogP contribution in [0.2, 0.25) is 0 Å². The summed E-state index contributed by atoms with van der Waals surface area (Å²) >= 11 is 0. The van der Waals surface area contributed by atoms with E-state index in [1.165, 1.54) is 0 Å². The van der Waals surface area contributed by atoms with Crippen molar-refractivity contribution < 1.29 is 38.8 Å². The number of likely N-dealkylation sites (tertiary alicyclic amines) is 1. The normalized spacial score (nSPS) is 13.1. The van der Waals surface area contributed by atoms with Crippen molar-refractivity contribution in [1.82, 2.24) is 10.2 Å². The van der Waals surface area contributed by atoms with Crippen LogP contribution in [-0.4, -0.2) is 78.5 Å². The highest BCUT2D eigenvalue weighted by Crippen LogP contribution is 2.34. The molecule has 1 aliphatic rings. The highest BCUT2D eigenvalue weighted by atomic mass is 16.5. The van der Waals surface area contributed by atoms with Gasteiger partial charge in [0.05, 0.1) is 7.11 Å². The van der Waals surface area contributed by atoms with E-state index in [-0.39, 0.29) is 30.7 Å². The summed E-state index contributed by atoms with van der Waals surface area (Å²) in [6.45, 7) is 8.42. The van der Waals surface area contributed by atoms with E-state index >= 15 is 0 Å². The van der Waals surface area contributed by atoms with E-state index in [4.69, 9.17) is 29.2 Å². The van der Waals surface area contributed by atoms with Gasteiger partial charge < -0.3 is 45.3 Å². The highest BCUT2D eigenvalue weighted by molar-refractivity contribution is 6.04. The summed E-state index contributed by atoms with van der Waals surface area (Å²) in [6, 6.07) is 19.3. The van der Waals surface area contributed by atoms with Gasteiger partial charge in [-0.25, -0.2) is 4.79 Å². The molecule has 1 heterocycles. The van der Waals surface area contributed by atoms with Crippen molar-refractivity contribution in [2.75, 3.05) is 44.0 Å². The third-order valence-corrected chi connectivity index (χ3v) is 7.92. The Balaban J connectivity index is 0.00000154. The molecule has 12 heteroatoms. The van der Waals surface area contributed by atoms with Crippen molar-refractivity contribution in [1.29, 1.82) is 0 Å². The fraction of sp³-hybridized carbons (Fsp3) is 0.432. The van der Waals surface area contributed by atoms with E-state index in [2.05, 4.69) is 20.9 Å². The van der Waals surface area contributed by atoms with Gasteiger partial charge in [-0.3, -0.25) is 9.59 Å². The van der Waals surface area contributed by atoms with Crippen LogP contribution in [0.4, 0.5) is 16.2 Å². The van der Waals surface area contributed by atoms with E-state index in [0.29, 0.717) is 34.2 Å². The Hall–Kier alpha value is -4.81. The number of aliphatic carboxylic acids is 1. The molecular weight excluding hydrogens is 628 g/mol. The van der Waals surface area contributed by atoms with Crippen molar-refractivity contribution >= 4 is 29.3 Å². The smallest absolute Gasteiger partial charge is 0.319 e. The maximum Gasteiger partial charge on any atom is 0.319 e. The standard InChI is InChI=1S/C35H46N4O6.C2H4O2/c1-4-26(5-2)37-35(42)38-28-12-17-32(33(24-28)43-3)45-30-15-10-27(11-16-30)36-34(41)25-8-13-29(14-9-25)44-31-18-21-39(22-19-31)20-6-7-23-40;1-2(3)4/h8-17,24,26,31,40H,4-7,18-23H2,1-3H3,(H,36,41)(H2,37,38,42);1H3,(H,3,4). The maximum atomic E-state index is 12.9. The fourth-order valence-corrected chi connectivity index (χ4v) is 5.19. The van der Waals surface area contributed by atoms with Crippen molar-refractivity contribution in [2.45, 2.75) is 71.4 Å². The quantitative estimate of drug-likeness (QED) is 0.110. The molecule has 1 saturated heterocycles. The van der Waals surface area contributed by atoms with E-state index in [1.807, 2.05) is 26.0 Å². The predicted molar refractivity (Wildman–Crippen MR) is 190 cm³/mol. The van der Waals surface area contributed by atoms with Gasteiger partial charge in [0.15, 0.2) is 11.5 Å². The minimum Gasteiger partial charge on any atom is -0.493 e. The average Bonchev–Trinajstić information content (AvgIpc) is 3.09. The number of carbonyl (C=O) groups excluding carboxylic acids is 2. The molecule has 266 valence electrons. The first-order valence-electron chi connectivity index (χ1n) is 16.8. The molecule has 49 heavy (non-hydrogen) atoms. The van der Waals surface area contributed by atoms with Gasteiger partial charge in [0.25, 0.3) is 11.9 Å². The molecule has 0 aromatic heterocycles. The molecule has 3 aromatic carbocycles. The fourth-order valence-electron chi connectivity index (χ4n) is 5.19. The number of nitrogens with zero attached hydrogens (tertiary/aromatic N) is 1. The van der Waals surface area contributed by atoms with Crippen molar-refractivity contribution in [2.24, 2.45) is 0 Å². The van der Waals surface area contributed by atoms with Gasteiger partial charge in [-0.1, -0.05) is 13.8 Å².